The van der Waals surface area contributed by atoms with E-state index in [-0.39, 0.29) is 24.1 Å². The van der Waals surface area contributed by atoms with Crippen LogP contribution in [0.2, 0.25) is 0 Å². The fourth-order valence-electron chi connectivity index (χ4n) is 2.31. The molecule has 0 bridgehead atoms. The largest absolute Gasteiger partial charge is 0.326 e. The van der Waals surface area contributed by atoms with Crippen molar-refractivity contribution in [2.45, 2.75) is 27.2 Å². The second-order valence-electron chi connectivity index (χ2n) is 6.14. The van der Waals surface area contributed by atoms with Gasteiger partial charge in [0.1, 0.15) is 0 Å². The van der Waals surface area contributed by atoms with Gasteiger partial charge >= 0.3 is 0 Å². The van der Waals surface area contributed by atoms with Crippen molar-refractivity contribution in [3.63, 3.8) is 0 Å². The molecule has 3 amide bonds. The average Bonchev–Trinajstić information content (AvgIpc) is 2.61. The maximum atomic E-state index is 12.1. The number of nitrogens with zero attached hydrogens (tertiary/aromatic N) is 1. The summed E-state index contributed by atoms with van der Waals surface area (Å²) in [6, 6.07) is 13.9. The number of hydrazone groups is 1. The lowest BCUT2D eigenvalue weighted by Crippen LogP contribution is -2.21. The summed E-state index contributed by atoms with van der Waals surface area (Å²) < 4.78 is 0. The molecule has 0 radical (unpaired) electrons. The second kappa shape index (κ2) is 9.28. The van der Waals surface area contributed by atoms with Crippen LogP contribution in [0.4, 0.5) is 11.4 Å². The standard InChI is InChI=1S/C20H22N4O3/c1-13-5-4-6-16(11-13)20(27)24-23-14(2)12-19(26)22-18-9-7-17(8-10-18)21-15(3)25/h4-11H,12H2,1-3H3,(H,21,25)(H,22,26)(H,24,27). The van der Waals surface area contributed by atoms with Crippen LogP contribution in [0.25, 0.3) is 0 Å². The molecule has 0 aromatic heterocycles. The summed E-state index contributed by atoms with van der Waals surface area (Å²) >= 11 is 0. The molecule has 2 rings (SSSR count). The number of aryl methyl sites for hydroxylation is 1. The summed E-state index contributed by atoms with van der Waals surface area (Å²) in [5.74, 6) is -0.744. The van der Waals surface area contributed by atoms with Gasteiger partial charge in [0.25, 0.3) is 5.91 Å². The fourth-order valence-corrected chi connectivity index (χ4v) is 2.31. The zero-order chi connectivity index (χ0) is 19.8. The average molecular weight is 366 g/mol. The Bertz CT molecular complexity index is 873. The molecule has 0 spiro atoms. The Labute approximate surface area is 157 Å². The van der Waals surface area contributed by atoms with Gasteiger partial charge in [-0.25, -0.2) is 5.43 Å². The summed E-state index contributed by atoms with van der Waals surface area (Å²) in [5, 5.41) is 9.35. The smallest absolute Gasteiger partial charge is 0.271 e. The summed E-state index contributed by atoms with van der Waals surface area (Å²) in [6.07, 6.45) is 0.0432. The maximum absolute atomic E-state index is 12.1. The first-order chi connectivity index (χ1) is 12.8. The topological polar surface area (TPSA) is 99.7 Å². The number of rotatable bonds is 6. The van der Waals surface area contributed by atoms with Gasteiger partial charge < -0.3 is 10.6 Å². The van der Waals surface area contributed by atoms with E-state index in [0.717, 1.165) is 5.56 Å². The van der Waals surface area contributed by atoms with E-state index in [1.54, 1.807) is 49.4 Å². The van der Waals surface area contributed by atoms with Gasteiger partial charge in [0.05, 0.1) is 6.42 Å². The van der Waals surface area contributed by atoms with E-state index in [2.05, 4.69) is 21.2 Å². The predicted octanol–water partition coefficient (Wildman–Crippen LogP) is 3.09. The van der Waals surface area contributed by atoms with E-state index < -0.39 is 0 Å². The first-order valence-electron chi connectivity index (χ1n) is 8.41. The monoisotopic (exact) mass is 366 g/mol. The van der Waals surface area contributed by atoms with Gasteiger partial charge in [0, 0.05) is 29.6 Å². The SMILES string of the molecule is CC(=O)Nc1ccc(NC(=O)CC(C)=NNC(=O)c2cccc(C)c2)cc1. The molecule has 0 aliphatic carbocycles. The van der Waals surface area contributed by atoms with Crippen molar-refractivity contribution in [3.8, 4) is 0 Å². The number of hydrogen-bond acceptors (Lipinski definition) is 4. The molecular formula is C20H22N4O3. The van der Waals surface area contributed by atoms with Crippen LogP contribution < -0.4 is 16.1 Å². The second-order valence-corrected chi connectivity index (χ2v) is 6.14. The van der Waals surface area contributed by atoms with Crippen LogP contribution in [0.1, 0.15) is 36.2 Å². The zero-order valence-electron chi connectivity index (χ0n) is 15.5. The third-order valence-electron chi connectivity index (χ3n) is 3.53. The summed E-state index contributed by atoms with van der Waals surface area (Å²) in [6.45, 7) is 4.99. The number of anilines is 2. The molecule has 27 heavy (non-hydrogen) atoms. The molecule has 3 N–H and O–H groups in total. The Morgan fingerprint density at radius 3 is 2.15 bits per heavy atom. The van der Waals surface area contributed by atoms with E-state index in [1.165, 1.54) is 6.92 Å². The number of nitrogens with one attached hydrogen (secondary N) is 3. The molecule has 0 saturated heterocycles. The van der Waals surface area contributed by atoms with Crippen LogP contribution in [0.15, 0.2) is 53.6 Å². The first kappa shape index (κ1) is 19.8. The normalized spacial score (nSPS) is 10.9. The number of carbonyl (C=O) groups excluding carboxylic acids is 3. The molecule has 0 unspecified atom stereocenters. The third-order valence-corrected chi connectivity index (χ3v) is 3.53. The molecule has 140 valence electrons. The molecule has 0 aliphatic heterocycles. The van der Waals surface area contributed by atoms with Gasteiger partial charge in [-0.2, -0.15) is 5.10 Å². The molecule has 0 aliphatic rings. The van der Waals surface area contributed by atoms with E-state index >= 15 is 0 Å². The van der Waals surface area contributed by atoms with Crippen LogP contribution in [0.5, 0.6) is 0 Å². The van der Waals surface area contributed by atoms with Gasteiger partial charge in [-0.1, -0.05) is 17.7 Å². The minimum absolute atomic E-state index is 0.0432. The Balaban J connectivity index is 1.86. The minimum Gasteiger partial charge on any atom is -0.326 e. The van der Waals surface area contributed by atoms with Crippen molar-refractivity contribution in [2.24, 2.45) is 5.10 Å². The van der Waals surface area contributed by atoms with Crippen molar-refractivity contribution in [3.05, 3.63) is 59.7 Å². The highest BCUT2D eigenvalue weighted by molar-refractivity contribution is 6.06. The molecule has 7 heteroatoms. The maximum Gasteiger partial charge on any atom is 0.271 e. The Kier molecular flexibility index (Phi) is 6.82. The third kappa shape index (κ3) is 6.74. The highest BCUT2D eigenvalue weighted by Gasteiger charge is 2.07. The number of carbonyl (C=O) groups is 3. The highest BCUT2D eigenvalue weighted by atomic mass is 16.2. The lowest BCUT2D eigenvalue weighted by atomic mass is 10.1. The first-order valence-corrected chi connectivity index (χ1v) is 8.41. The van der Waals surface area contributed by atoms with Gasteiger partial charge in [-0.15, -0.1) is 0 Å². The van der Waals surface area contributed by atoms with Crippen molar-refractivity contribution in [2.75, 3.05) is 10.6 Å². The van der Waals surface area contributed by atoms with Gasteiger partial charge in [-0.3, -0.25) is 14.4 Å². The van der Waals surface area contributed by atoms with E-state index in [9.17, 15) is 14.4 Å². The van der Waals surface area contributed by atoms with Crippen molar-refractivity contribution < 1.29 is 14.4 Å². The van der Waals surface area contributed by atoms with Crippen molar-refractivity contribution in [1.82, 2.24) is 5.43 Å². The highest BCUT2D eigenvalue weighted by Crippen LogP contribution is 2.13. The lowest BCUT2D eigenvalue weighted by molar-refractivity contribution is -0.115. The Morgan fingerprint density at radius 1 is 0.926 bits per heavy atom. The molecule has 0 atom stereocenters. The van der Waals surface area contributed by atoms with E-state index in [1.807, 2.05) is 13.0 Å². The predicted molar refractivity (Wildman–Crippen MR) is 106 cm³/mol. The van der Waals surface area contributed by atoms with Crippen molar-refractivity contribution >= 4 is 34.8 Å². The molecule has 0 heterocycles. The van der Waals surface area contributed by atoms with Crippen molar-refractivity contribution in [1.29, 1.82) is 0 Å². The molecule has 0 fully saturated rings. The summed E-state index contributed by atoms with van der Waals surface area (Å²) in [7, 11) is 0. The van der Waals surface area contributed by atoms with E-state index in [0.29, 0.717) is 22.6 Å². The van der Waals surface area contributed by atoms with Gasteiger partial charge in [0.15, 0.2) is 0 Å². The summed E-state index contributed by atoms with van der Waals surface area (Å²) in [5.41, 5.74) is 5.67. The fraction of sp³-hybridized carbons (Fsp3) is 0.200. The van der Waals surface area contributed by atoms with Crippen LogP contribution in [-0.4, -0.2) is 23.4 Å². The minimum atomic E-state index is -0.327. The van der Waals surface area contributed by atoms with Gasteiger partial charge in [0.2, 0.25) is 11.8 Å². The van der Waals surface area contributed by atoms with Crippen LogP contribution >= 0.6 is 0 Å². The number of hydrogen-bond donors (Lipinski definition) is 3. The Hall–Kier alpha value is -3.48. The number of benzene rings is 2. The number of amides is 3. The molecule has 2 aromatic rings. The molecule has 2 aromatic carbocycles. The van der Waals surface area contributed by atoms with Gasteiger partial charge in [-0.05, 0) is 50.2 Å². The molecule has 0 saturated carbocycles. The van der Waals surface area contributed by atoms with E-state index in [4.69, 9.17) is 0 Å². The zero-order valence-corrected chi connectivity index (χ0v) is 15.5. The Morgan fingerprint density at radius 2 is 1.56 bits per heavy atom. The summed E-state index contributed by atoms with van der Waals surface area (Å²) in [4.78, 5) is 35.1. The van der Waals surface area contributed by atoms with Crippen LogP contribution in [0, 0.1) is 6.92 Å². The van der Waals surface area contributed by atoms with Crippen LogP contribution in [0.3, 0.4) is 0 Å². The molecule has 7 nitrogen and oxygen atoms in total. The molecular weight excluding hydrogens is 344 g/mol. The lowest BCUT2D eigenvalue weighted by Gasteiger charge is -2.07. The quantitative estimate of drug-likeness (QED) is 0.541. The van der Waals surface area contributed by atoms with Crippen LogP contribution in [-0.2, 0) is 9.59 Å².